The van der Waals surface area contributed by atoms with Crippen molar-refractivity contribution < 1.29 is 14.3 Å². The monoisotopic (exact) mass is 423 g/mol. The zero-order valence-electron chi connectivity index (χ0n) is 17.3. The Bertz CT molecular complexity index is 979. The summed E-state index contributed by atoms with van der Waals surface area (Å²) in [4.78, 5) is 27.3. The van der Waals surface area contributed by atoms with Crippen LogP contribution in [0.2, 0.25) is 0 Å². The SMILES string of the molecule is COc1ccc(OCCNC(=O)C2CCCN(c3cc(-n4cncn4)ncn3)C2)cc1. The van der Waals surface area contributed by atoms with Crippen LogP contribution in [0, 0.1) is 5.92 Å². The molecule has 1 atom stereocenters. The number of methoxy groups -OCH3 is 1. The van der Waals surface area contributed by atoms with E-state index in [1.807, 2.05) is 30.3 Å². The normalized spacial score (nSPS) is 16.0. The van der Waals surface area contributed by atoms with Crippen molar-refractivity contribution in [2.75, 3.05) is 38.3 Å². The fourth-order valence-electron chi connectivity index (χ4n) is 3.52. The van der Waals surface area contributed by atoms with Gasteiger partial charge < -0.3 is 19.7 Å². The Kier molecular flexibility index (Phi) is 6.56. The van der Waals surface area contributed by atoms with E-state index < -0.39 is 0 Å². The molecule has 10 nitrogen and oxygen atoms in total. The third-order valence-corrected chi connectivity index (χ3v) is 5.14. The molecule has 10 heteroatoms. The molecule has 1 aliphatic rings. The summed E-state index contributed by atoms with van der Waals surface area (Å²) < 4.78 is 12.4. The molecule has 1 unspecified atom stereocenters. The maximum absolute atomic E-state index is 12.7. The fraction of sp³-hybridized carbons (Fsp3) is 0.381. The lowest BCUT2D eigenvalue weighted by molar-refractivity contribution is -0.125. The van der Waals surface area contributed by atoms with Crippen LogP contribution >= 0.6 is 0 Å². The van der Waals surface area contributed by atoms with Crippen molar-refractivity contribution in [1.29, 1.82) is 0 Å². The zero-order chi connectivity index (χ0) is 21.5. The van der Waals surface area contributed by atoms with Gasteiger partial charge in [-0.2, -0.15) is 5.10 Å². The summed E-state index contributed by atoms with van der Waals surface area (Å²) in [6.45, 7) is 2.31. The summed E-state index contributed by atoms with van der Waals surface area (Å²) in [5, 5.41) is 7.08. The highest BCUT2D eigenvalue weighted by Gasteiger charge is 2.26. The molecule has 1 N–H and O–H groups in total. The molecule has 1 saturated heterocycles. The van der Waals surface area contributed by atoms with Gasteiger partial charge in [-0.15, -0.1) is 0 Å². The molecular formula is C21H25N7O3. The Hall–Kier alpha value is -3.69. The van der Waals surface area contributed by atoms with Gasteiger partial charge in [0.25, 0.3) is 0 Å². The van der Waals surface area contributed by atoms with Gasteiger partial charge in [-0.25, -0.2) is 19.6 Å². The van der Waals surface area contributed by atoms with Crippen molar-refractivity contribution in [3.05, 3.63) is 49.3 Å². The molecular weight excluding hydrogens is 398 g/mol. The van der Waals surface area contributed by atoms with Gasteiger partial charge >= 0.3 is 0 Å². The number of piperidine rings is 1. The van der Waals surface area contributed by atoms with Crippen LogP contribution in [0.5, 0.6) is 11.5 Å². The molecule has 1 fully saturated rings. The van der Waals surface area contributed by atoms with Crippen LogP contribution in [0.3, 0.4) is 0 Å². The van der Waals surface area contributed by atoms with Gasteiger partial charge in [-0.1, -0.05) is 0 Å². The second-order valence-electron chi connectivity index (χ2n) is 7.17. The molecule has 2 aromatic heterocycles. The largest absolute Gasteiger partial charge is 0.497 e. The average molecular weight is 423 g/mol. The van der Waals surface area contributed by atoms with Crippen molar-refractivity contribution >= 4 is 11.7 Å². The quantitative estimate of drug-likeness (QED) is 0.543. The van der Waals surface area contributed by atoms with Gasteiger partial charge in [-0.05, 0) is 37.1 Å². The molecule has 1 aliphatic heterocycles. The van der Waals surface area contributed by atoms with Crippen molar-refractivity contribution in [1.82, 2.24) is 30.0 Å². The van der Waals surface area contributed by atoms with E-state index in [-0.39, 0.29) is 11.8 Å². The Balaban J connectivity index is 1.27. The van der Waals surface area contributed by atoms with Gasteiger partial charge in [0.05, 0.1) is 19.6 Å². The molecule has 1 aromatic carbocycles. The molecule has 0 radical (unpaired) electrons. The Morgan fingerprint density at radius 3 is 2.74 bits per heavy atom. The number of benzene rings is 1. The topological polar surface area (TPSA) is 107 Å². The van der Waals surface area contributed by atoms with E-state index in [0.717, 1.165) is 36.7 Å². The van der Waals surface area contributed by atoms with Gasteiger partial charge in [0, 0.05) is 19.2 Å². The Morgan fingerprint density at radius 1 is 1.16 bits per heavy atom. The summed E-state index contributed by atoms with van der Waals surface area (Å²) >= 11 is 0. The molecule has 31 heavy (non-hydrogen) atoms. The lowest BCUT2D eigenvalue weighted by Gasteiger charge is -2.32. The highest BCUT2D eigenvalue weighted by Crippen LogP contribution is 2.22. The van der Waals surface area contributed by atoms with Crippen LogP contribution in [-0.4, -0.2) is 64.0 Å². The van der Waals surface area contributed by atoms with Crippen LogP contribution in [0.25, 0.3) is 5.82 Å². The maximum Gasteiger partial charge on any atom is 0.225 e. The number of ether oxygens (including phenoxy) is 2. The van der Waals surface area contributed by atoms with Crippen molar-refractivity contribution in [2.45, 2.75) is 12.8 Å². The number of carbonyl (C=O) groups is 1. The van der Waals surface area contributed by atoms with E-state index in [2.05, 4.69) is 30.3 Å². The van der Waals surface area contributed by atoms with E-state index in [0.29, 0.717) is 25.5 Å². The Morgan fingerprint density at radius 2 is 1.97 bits per heavy atom. The fourth-order valence-corrected chi connectivity index (χ4v) is 3.52. The predicted molar refractivity (Wildman–Crippen MR) is 113 cm³/mol. The predicted octanol–water partition coefficient (Wildman–Crippen LogP) is 1.48. The number of rotatable bonds is 8. The number of hydrogen-bond acceptors (Lipinski definition) is 8. The van der Waals surface area contributed by atoms with Crippen LogP contribution in [-0.2, 0) is 4.79 Å². The molecule has 4 rings (SSSR count). The van der Waals surface area contributed by atoms with Crippen LogP contribution in [0.1, 0.15) is 12.8 Å². The van der Waals surface area contributed by atoms with Crippen LogP contribution < -0.4 is 19.7 Å². The number of nitrogens with one attached hydrogen (secondary N) is 1. The van der Waals surface area contributed by atoms with Gasteiger partial charge in [-0.3, -0.25) is 4.79 Å². The van der Waals surface area contributed by atoms with Gasteiger partial charge in [0.15, 0.2) is 5.82 Å². The molecule has 3 heterocycles. The molecule has 0 spiro atoms. The first-order valence-corrected chi connectivity index (χ1v) is 10.2. The zero-order valence-corrected chi connectivity index (χ0v) is 17.3. The summed E-state index contributed by atoms with van der Waals surface area (Å²) in [6, 6.07) is 9.22. The van der Waals surface area contributed by atoms with Gasteiger partial charge in [0.1, 0.15) is 42.9 Å². The van der Waals surface area contributed by atoms with Gasteiger partial charge in [0.2, 0.25) is 5.91 Å². The number of carbonyl (C=O) groups excluding carboxylic acids is 1. The first kappa shape index (κ1) is 20.6. The standard InChI is InChI=1S/C21H25N7O3/c1-30-17-4-6-18(7-5-17)31-10-8-23-21(29)16-3-2-9-27(12-16)19-11-20(25-14-24-19)28-15-22-13-26-28/h4-7,11,13-16H,2-3,8-10,12H2,1H3,(H,23,29). The molecule has 0 bridgehead atoms. The van der Waals surface area contributed by atoms with E-state index in [1.54, 1.807) is 18.1 Å². The lowest BCUT2D eigenvalue weighted by atomic mass is 9.97. The van der Waals surface area contributed by atoms with Crippen molar-refractivity contribution in [3.8, 4) is 17.3 Å². The van der Waals surface area contributed by atoms with Crippen molar-refractivity contribution in [3.63, 3.8) is 0 Å². The average Bonchev–Trinajstić information content (AvgIpc) is 3.37. The highest BCUT2D eigenvalue weighted by molar-refractivity contribution is 5.79. The summed E-state index contributed by atoms with van der Waals surface area (Å²) in [7, 11) is 1.62. The second kappa shape index (κ2) is 9.88. The van der Waals surface area contributed by atoms with E-state index in [4.69, 9.17) is 9.47 Å². The number of aromatic nitrogens is 5. The minimum Gasteiger partial charge on any atom is -0.497 e. The van der Waals surface area contributed by atoms with E-state index in [1.165, 1.54) is 12.7 Å². The molecule has 0 aliphatic carbocycles. The minimum absolute atomic E-state index is 0.0357. The van der Waals surface area contributed by atoms with Crippen LogP contribution in [0.15, 0.2) is 49.3 Å². The maximum atomic E-state index is 12.7. The molecule has 162 valence electrons. The first-order chi connectivity index (χ1) is 15.2. The third kappa shape index (κ3) is 5.27. The summed E-state index contributed by atoms with van der Waals surface area (Å²) in [5.41, 5.74) is 0. The second-order valence-corrected chi connectivity index (χ2v) is 7.17. The smallest absolute Gasteiger partial charge is 0.225 e. The molecule has 3 aromatic rings. The number of hydrogen-bond donors (Lipinski definition) is 1. The number of nitrogens with zero attached hydrogens (tertiary/aromatic N) is 6. The molecule has 1 amide bonds. The third-order valence-electron chi connectivity index (χ3n) is 5.14. The lowest BCUT2D eigenvalue weighted by Crippen LogP contribution is -2.44. The Labute approximate surface area is 180 Å². The molecule has 0 saturated carbocycles. The first-order valence-electron chi connectivity index (χ1n) is 10.2. The summed E-state index contributed by atoms with van der Waals surface area (Å²) in [5.74, 6) is 2.88. The van der Waals surface area contributed by atoms with Crippen LogP contribution in [0.4, 0.5) is 5.82 Å². The van der Waals surface area contributed by atoms with E-state index in [9.17, 15) is 4.79 Å². The highest BCUT2D eigenvalue weighted by atomic mass is 16.5. The summed E-state index contributed by atoms with van der Waals surface area (Å²) in [6.07, 6.45) is 6.33. The number of anilines is 1. The van der Waals surface area contributed by atoms with Crippen molar-refractivity contribution in [2.24, 2.45) is 5.92 Å². The number of amides is 1. The van der Waals surface area contributed by atoms with E-state index >= 15 is 0 Å². The minimum atomic E-state index is -0.0977.